The summed E-state index contributed by atoms with van der Waals surface area (Å²) in [5, 5.41) is 6.94. The lowest BCUT2D eigenvalue weighted by Crippen LogP contribution is -2.54. The van der Waals surface area contributed by atoms with Crippen molar-refractivity contribution in [3.05, 3.63) is 0 Å². The average molecular weight is 330 g/mol. The van der Waals surface area contributed by atoms with Crippen molar-refractivity contribution in [2.75, 3.05) is 52.6 Å². The number of aliphatic imine (C=N–C) groups is 1. The zero-order valence-electron chi connectivity index (χ0n) is 14.6. The Morgan fingerprint density at radius 3 is 2.36 bits per heavy atom. The second-order valence-electron chi connectivity index (χ2n) is 5.96. The Morgan fingerprint density at radius 2 is 1.86 bits per heavy atom. The summed E-state index contributed by atoms with van der Waals surface area (Å²) >= 11 is 1.85. The number of rotatable bonds is 6. The molecular formula is C15H31N5OS. The highest BCUT2D eigenvalue weighted by Crippen LogP contribution is 2.05. The molecule has 1 saturated heterocycles. The van der Waals surface area contributed by atoms with Gasteiger partial charge in [0.05, 0.1) is 6.54 Å². The van der Waals surface area contributed by atoms with Crippen LogP contribution in [0.1, 0.15) is 20.8 Å². The third-order valence-electron chi connectivity index (χ3n) is 3.65. The monoisotopic (exact) mass is 329 g/mol. The summed E-state index contributed by atoms with van der Waals surface area (Å²) in [5.74, 6) is 1.08. The molecule has 0 radical (unpaired) electrons. The SMILES string of the molecule is CN=C(NCC(C)SC)N1CCN(CC(=O)NC(C)C)CC1. The number of carbonyl (C=O) groups excluding carboxylic acids is 1. The zero-order chi connectivity index (χ0) is 16.5. The highest BCUT2D eigenvalue weighted by molar-refractivity contribution is 7.99. The first kappa shape index (κ1) is 19.1. The quantitative estimate of drug-likeness (QED) is 0.547. The van der Waals surface area contributed by atoms with Crippen LogP contribution >= 0.6 is 11.8 Å². The van der Waals surface area contributed by atoms with Gasteiger partial charge in [0, 0.05) is 51.1 Å². The van der Waals surface area contributed by atoms with E-state index in [1.165, 1.54) is 0 Å². The molecule has 0 aliphatic carbocycles. The Bertz CT molecular complexity index is 367. The van der Waals surface area contributed by atoms with Crippen LogP contribution < -0.4 is 10.6 Å². The fraction of sp³-hybridized carbons (Fsp3) is 0.867. The van der Waals surface area contributed by atoms with E-state index in [1.54, 1.807) is 0 Å². The van der Waals surface area contributed by atoms with E-state index in [1.807, 2.05) is 32.7 Å². The van der Waals surface area contributed by atoms with Gasteiger partial charge in [-0.3, -0.25) is 14.7 Å². The molecule has 1 aliphatic rings. The Kier molecular flexibility index (Phi) is 8.63. The first-order chi connectivity index (χ1) is 10.5. The molecule has 2 N–H and O–H groups in total. The number of guanidine groups is 1. The average Bonchev–Trinajstić information content (AvgIpc) is 2.48. The molecule has 1 fully saturated rings. The molecule has 22 heavy (non-hydrogen) atoms. The zero-order valence-corrected chi connectivity index (χ0v) is 15.4. The molecule has 128 valence electrons. The van der Waals surface area contributed by atoms with E-state index in [-0.39, 0.29) is 11.9 Å². The summed E-state index contributed by atoms with van der Waals surface area (Å²) in [6.45, 7) is 11.2. The van der Waals surface area contributed by atoms with Crippen LogP contribution in [0.5, 0.6) is 0 Å². The summed E-state index contributed by atoms with van der Waals surface area (Å²) in [4.78, 5) is 20.6. The molecular weight excluding hydrogens is 298 g/mol. The van der Waals surface area contributed by atoms with Gasteiger partial charge in [0.2, 0.25) is 5.91 Å². The fourth-order valence-electron chi connectivity index (χ4n) is 2.34. The van der Waals surface area contributed by atoms with E-state index in [0.29, 0.717) is 11.8 Å². The molecule has 1 atom stereocenters. The minimum atomic E-state index is 0.111. The Balaban J connectivity index is 2.35. The van der Waals surface area contributed by atoms with Crippen molar-refractivity contribution < 1.29 is 4.79 Å². The van der Waals surface area contributed by atoms with Crippen molar-refractivity contribution >= 4 is 23.6 Å². The summed E-state index contributed by atoms with van der Waals surface area (Å²) in [6, 6.07) is 0.204. The van der Waals surface area contributed by atoms with Gasteiger partial charge in [-0.1, -0.05) is 6.92 Å². The lowest BCUT2D eigenvalue weighted by molar-refractivity contribution is -0.123. The van der Waals surface area contributed by atoms with Gasteiger partial charge < -0.3 is 15.5 Å². The van der Waals surface area contributed by atoms with Gasteiger partial charge in [-0.15, -0.1) is 0 Å². The Morgan fingerprint density at radius 1 is 1.23 bits per heavy atom. The molecule has 7 heteroatoms. The number of piperazine rings is 1. The molecule has 0 saturated carbocycles. The van der Waals surface area contributed by atoms with Crippen LogP contribution in [0, 0.1) is 0 Å². The highest BCUT2D eigenvalue weighted by Gasteiger charge is 2.21. The molecule has 0 aromatic rings. The molecule has 6 nitrogen and oxygen atoms in total. The normalized spacial score (nSPS) is 18.5. The van der Waals surface area contributed by atoms with Crippen molar-refractivity contribution in [2.24, 2.45) is 4.99 Å². The largest absolute Gasteiger partial charge is 0.355 e. The van der Waals surface area contributed by atoms with E-state index in [9.17, 15) is 4.79 Å². The summed E-state index contributed by atoms with van der Waals surface area (Å²) in [6.07, 6.45) is 2.12. The lowest BCUT2D eigenvalue weighted by atomic mass is 10.3. The number of thioether (sulfide) groups is 1. The lowest BCUT2D eigenvalue weighted by Gasteiger charge is -2.36. The number of hydrogen-bond acceptors (Lipinski definition) is 4. The molecule has 1 heterocycles. The van der Waals surface area contributed by atoms with Gasteiger partial charge in [-0.25, -0.2) is 0 Å². The predicted molar refractivity (Wildman–Crippen MR) is 95.6 cm³/mol. The predicted octanol–water partition coefficient (Wildman–Crippen LogP) is 0.456. The van der Waals surface area contributed by atoms with Crippen molar-refractivity contribution in [3.63, 3.8) is 0 Å². The van der Waals surface area contributed by atoms with Gasteiger partial charge in [0.1, 0.15) is 0 Å². The van der Waals surface area contributed by atoms with Crippen LogP contribution in [0.15, 0.2) is 4.99 Å². The fourth-order valence-corrected chi connectivity index (χ4v) is 2.59. The maximum atomic E-state index is 11.8. The highest BCUT2D eigenvalue weighted by atomic mass is 32.2. The van der Waals surface area contributed by atoms with Gasteiger partial charge >= 0.3 is 0 Å². The van der Waals surface area contributed by atoms with Crippen LogP contribution in [-0.4, -0.2) is 85.5 Å². The van der Waals surface area contributed by atoms with Gasteiger partial charge in [0.15, 0.2) is 5.96 Å². The Hall–Kier alpha value is -0.950. The van der Waals surface area contributed by atoms with Crippen LogP contribution in [0.4, 0.5) is 0 Å². The topological polar surface area (TPSA) is 60.0 Å². The molecule has 0 bridgehead atoms. The van der Waals surface area contributed by atoms with Crippen molar-refractivity contribution in [1.29, 1.82) is 0 Å². The minimum Gasteiger partial charge on any atom is -0.355 e. The number of amides is 1. The third-order valence-corrected chi connectivity index (χ3v) is 4.62. The molecule has 0 aromatic heterocycles. The van der Waals surface area contributed by atoms with E-state index in [2.05, 4.69) is 38.6 Å². The van der Waals surface area contributed by atoms with E-state index in [0.717, 1.165) is 38.7 Å². The van der Waals surface area contributed by atoms with Crippen LogP contribution in [0.2, 0.25) is 0 Å². The number of nitrogens with zero attached hydrogens (tertiary/aromatic N) is 3. The maximum absolute atomic E-state index is 11.8. The first-order valence-electron chi connectivity index (χ1n) is 7.96. The standard InChI is InChI=1S/C15H31N5OS/c1-12(2)18-14(21)11-19-6-8-20(9-7-19)15(16-4)17-10-13(3)22-5/h12-13H,6-11H2,1-5H3,(H,16,17)(H,18,21). The Labute approximate surface area is 139 Å². The molecule has 0 aromatic carbocycles. The molecule has 0 spiro atoms. The maximum Gasteiger partial charge on any atom is 0.234 e. The van der Waals surface area contributed by atoms with Crippen LogP contribution in [0.25, 0.3) is 0 Å². The molecule has 1 amide bonds. The second-order valence-corrected chi connectivity index (χ2v) is 7.24. The van der Waals surface area contributed by atoms with E-state index < -0.39 is 0 Å². The third kappa shape index (κ3) is 6.87. The van der Waals surface area contributed by atoms with Crippen molar-refractivity contribution in [3.8, 4) is 0 Å². The van der Waals surface area contributed by atoms with E-state index >= 15 is 0 Å². The molecule has 1 aliphatic heterocycles. The first-order valence-corrected chi connectivity index (χ1v) is 9.25. The van der Waals surface area contributed by atoms with Gasteiger partial charge in [-0.05, 0) is 20.1 Å². The van der Waals surface area contributed by atoms with E-state index in [4.69, 9.17) is 0 Å². The number of nitrogens with one attached hydrogen (secondary N) is 2. The van der Waals surface area contributed by atoms with Crippen LogP contribution in [0.3, 0.4) is 0 Å². The summed E-state index contributed by atoms with van der Waals surface area (Å²) in [5.41, 5.74) is 0. The van der Waals surface area contributed by atoms with Gasteiger partial charge in [-0.2, -0.15) is 11.8 Å². The molecule has 1 rings (SSSR count). The summed E-state index contributed by atoms with van der Waals surface area (Å²) in [7, 11) is 1.83. The minimum absolute atomic E-state index is 0.111. The number of hydrogen-bond donors (Lipinski definition) is 2. The smallest absolute Gasteiger partial charge is 0.234 e. The molecule has 1 unspecified atom stereocenters. The second kappa shape index (κ2) is 9.94. The number of carbonyl (C=O) groups is 1. The van der Waals surface area contributed by atoms with Gasteiger partial charge in [0.25, 0.3) is 0 Å². The van der Waals surface area contributed by atoms with Crippen molar-refractivity contribution in [2.45, 2.75) is 32.1 Å². The van der Waals surface area contributed by atoms with Crippen molar-refractivity contribution in [1.82, 2.24) is 20.4 Å². The van der Waals surface area contributed by atoms with Crippen LogP contribution in [-0.2, 0) is 4.79 Å². The summed E-state index contributed by atoms with van der Waals surface area (Å²) < 4.78 is 0.